The van der Waals surface area contributed by atoms with Gasteiger partial charge in [0.2, 0.25) is 5.91 Å². The molecule has 1 aliphatic heterocycles. The van der Waals surface area contributed by atoms with Crippen molar-refractivity contribution in [1.82, 2.24) is 4.90 Å². The highest BCUT2D eigenvalue weighted by Crippen LogP contribution is 2.31. The molecule has 0 aromatic carbocycles. The van der Waals surface area contributed by atoms with Gasteiger partial charge >= 0.3 is 5.97 Å². The Morgan fingerprint density at radius 3 is 2.71 bits per heavy atom. The maximum Gasteiger partial charge on any atom is 0.327 e. The molecule has 0 radical (unpaired) electrons. The second kappa shape index (κ2) is 6.49. The van der Waals surface area contributed by atoms with Crippen molar-refractivity contribution in [2.45, 2.75) is 31.7 Å². The van der Waals surface area contributed by atoms with E-state index in [2.05, 4.69) is 0 Å². The van der Waals surface area contributed by atoms with Crippen LogP contribution in [0.3, 0.4) is 0 Å². The van der Waals surface area contributed by atoms with Gasteiger partial charge in [-0.25, -0.2) is 4.79 Å². The van der Waals surface area contributed by atoms with Crippen LogP contribution in [0.5, 0.6) is 0 Å². The van der Waals surface area contributed by atoms with Crippen molar-refractivity contribution >= 4 is 23.6 Å². The van der Waals surface area contributed by atoms with E-state index in [0.717, 1.165) is 6.42 Å². The van der Waals surface area contributed by atoms with Crippen molar-refractivity contribution < 1.29 is 14.7 Å². The summed E-state index contributed by atoms with van der Waals surface area (Å²) in [6.45, 7) is 3.81. The van der Waals surface area contributed by atoms with E-state index in [-0.39, 0.29) is 11.3 Å². The van der Waals surface area contributed by atoms with E-state index >= 15 is 0 Å². The van der Waals surface area contributed by atoms with Gasteiger partial charge < -0.3 is 10.0 Å². The number of hydrogen-bond acceptors (Lipinski definition) is 3. The summed E-state index contributed by atoms with van der Waals surface area (Å²) in [5, 5.41) is 9.04. The molecule has 0 bridgehead atoms. The molecular formula is C12H17NO3S. The summed E-state index contributed by atoms with van der Waals surface area (Å²) < 4.78 is 0. The minimum absolute atomic E-state index is 0.0288. The van der Waals surface area contributed by atoms with E-state index in [1.165, 1.54) is 22.7 Å². The molecular weight excluding hydrogens is 238 g/mol. The number of carbonyl (C=O) groups is 2. The third kappa shape index (κ3) is 3.36. The number of hydrogen-bond donors (Lipinski definition) is 1. The smallest absolute Gasteiger partial charge is 0.327 e. The highest BCUT2D eigenvalue weighted by Gasteiger charge is 2.39. The van der Waals surface area contributed by atoms with E-state index in [9.17, 15) is 9.59 Å². The number of carboxylic acid groups (broad SMARTS) is 1. The summed E-state index contributed by atoms with van der Waals surface area (Å²) in [7, 11) is 0. The lowest BCUT2D eigenvalue weighted by atomic mass is 10.2. The lowest BCUT2D eigenvalue weighted by Crippen LogP contribution is -2.44. The Morgan fingerprint density at radius 1 is 1.47 bits per heavy atom. The van der Waals surface area contributed by atoms with Crippen LogP contribution in [0.4, 0.5) is 0 Å². The Balaban J connectivity index is 2.81. The number of rotatable bonds is 4. The molecule has 1 saturated heterocycles. The summed E-state index contributed by atoms with van der Waals surface area (Å²) in [5.74, 6) is -0.689. The Morgan fingerprint density at radius 2 is 2.18 bits per heavy atom. The standard InChI is InChI=1S/C12H17NO3S/c1-3-5-6-7-10(14)13-9(12(15)16)8-17-11(13)4-2/h3,5-7,9,11H,4,8H2,1-2H3,(H,15,16). The minimum Gasteiger partial charge on any atom is -0.480 e. The van der Waals surface area contributed by atoms with Gasteiger partial charge in [-0.2, -0.15) is 0 Å². The number of allylic oxidation sites excluding steroid dienone is 3. The molecule has 0 spiro atoms. The summed E-state index contributed by atoms with van der Waals surface area (Å²) >= 11 is 1.53. The molecule has 0 aromatic heterocycles. The zero-order valence-electron chi connectivity index (χ0n) is 10.00. The summed E-state index contributed by atoms with van der Waals surface area (Å²) in [5.41, 5.74) is 0. The molecule has 1 heterocycles. The molecule has 0 saturated carbocycles. The molecule has 0 aromatic rings. The number of carbonyl (C=O) groups excluding carboxylic acids is 1. The van der Waals surface area contributed by atoms with E-state index in [4.69, 9.17) is 5.11 Å². The molecule has 0 aliphatic carbocycles. The van der Waals surface area contributed by atoms with Crippen molar-refractivity contribution in [3.63, 3.8) is 0 Å². The van der Waals surface area contributed by atoms with Crippen LogP contribution in [0.1, 0.15) is 20.3 Å². The quantitative estimate of drug-likeness (QED) is 0.615. The van der Waals surface area contributed by atoms with Crippen molar-refractivity contribution in [2.24, 2.45) is 0 Å². The lowest BCUT2D eigenvalue weighted by molar-refractivity contribution is -0.147. The summed E-state index contributed by atoms with van der Waals surface area (Å²) in [6, 6.07) is -0.701. The molecule has 1 aliphatic rings. The molecule has 1 fully saturated rings. The van der Waals surface area contributed by atoms with E-state index < -0.39 is 12.0 Å². The highest BCUT2D eigenvalue weighted by atomic mass is 32.2. The molecule has 1 amide bonds. The maximum absolute atomic E-state index is 11.9. The predicted molar refractivity (Wildman–Crippen MR) is 68.8 cm³/mol. The average Bonchev–Trinajstić information content (AvgIpc) is 2.72. The van der Waals surface area contributed by atoms with Crippen LogP contribution >= 0.6 is 11.8 Å². The van der Waals surface area contributed by atoms with Gasteiger partial charge in [0.1, 0.15) is 6.04 Å². The fourth-order valence-corrected chi connectivity index (χ4v) is 3.05. The third-order valence-corrected chi connectivity index (χ3v) is 3.98. The number of aliphatic carboxylic acids is 1. The molecule has 1 rings (SSSR count). The molecule has 94 valence electrons. The first-order chi connectivity index (χ1) is 8.11. The van der Waals surface area contributed by atoms with Gasteiger partial charge in [-0.1, -0.05) is 25.2 Å². The van der Waals surface area contributed by atoms with Crippen molar-refractivity contribution in [3.05, 3.63) is 24.3 Å². The highest BCUT2D eigenvalue weighted by molar-refractivity contribution is 8.00. The Hall–Kier alpha value is -1.23. The van der Waals surface area contributed by atoms with Crippen LogP contribution in [-0.4, -0.2) is 39.1 Å². The van der Waals surface area contributed by atoms with E-state index in [1.54, 1.807) is 12.2 Å². The minimum atomic E-state index is -0.929. The largest absolute Gasteiger partial charge is 0.480 e. The van der Waals surface area contributed by atoms with Crippen LogP contribution in [0.15, 0.2) is 24.3 Å². The second-order valence-corrected chi connectivity index (χ2v) is 4.89. The lowest BCUT2D eigenvalue weighted by Gasteiger charge is -2.25. The van der Waals surface area contributed by atoms with Gasteiger partial charge in [-0.3, -0.25) is 4.79 Å². The topological polar surface area (TPSA) is 57.6 Å². The van der Waals surface area contributed by atoms with E-state index in [1.807, 2.05) is 19.9 Å². The number of nitrogens with zero attached hydrogens (tertiary/aromatic N) is 1. The SMILES string of the molecule is CC=CC=CC(=O)N1C(CC)SCC1C(=O)O. The van der Waals surface area contributed by atoms with Gasteiger partial charge in [0.25, 0.3) is 0 Å². The molecule has 2 unspecified atom stereocenters. The Bertz CT molecular complexity index is 352. The average molecular weight is 255 g/mol. The number of thioether (sulfide) groups is 1. The summed E-state index contributed by atoms with van der Waals surface area (Å²) in [6.07, 6.45) is 7.38. The van der Waals surface area contributed by atoms with Crippen LogP contribution in [0, 0.1) is 0 Å². The molecule has 5 heteroatoms. The first kappa shape index (κ1) is 13.8. The van der Waals surface area contributed by atoms with Gasteiger partial charge in [-0.05, 0) is 13.3 Å². The maximum atomic E-state index is 11.9. The van der Waals surface area contributed by atoms with Crippen molar-refractivity contribution in [2.75, 3.05) is 5.75 Å². The number of carboxylic acids is 1. The van der Waals surface area contributed by atoms with E-state index in [0.29, 0.717) is 5.75 Å². The van der Waals surface area contributed by atoms with Gasteiger partial charge in [-0.15, -0.1) is 11.8 Å². The van der Waals surface area contributed by atoms with Crippen molar-refractivity contribution in [3.8, 4) is 0 Å². The van der Waals surface area contributed by atoms with Crippen LogP contribution in [0.2, 0.25) is 0 Å². The normalized spacial score (nSPS) is 24.9. The molecule has 1 N–H and O–H groups in total. The first-order valence-electron chi connectivity index (χ1n) is 5.57. The van der Waals surface area contributed by atoms with Crippen LogP contribution < -0.4 is 0 Å². The molecule has 17 heavy (non-hydrogen) atoms. The fourth-order valence-electron chi connectivity index (χ4n) is 1.70. The summed E-state index contributed by atoms with van der Waals surface area (Å²) in [4.78, 5) is 24.5. The van der Waals surface area contributed by atoms with Gasteiger partial charge in [0.15, 0.2) is 0 Å². The molecule has 4 nitrogen and oxygen atoms in total. The predicted octanol–water partition coefficient (Wildman–Crippen LogP) is 1.88. The number of amides is 1. The second-order valence-electron chi connectivity index (χ2n) is 3.68. The van der Waals surface area contributed by atoms with Gasteiger partial charge in [0.05, 0.1) is 5.37 Å². The third-order valence-electron chi connectivity index (χ3n) is 2.52. The Kier molecular flexibility index (Phi) is 5.28. The van der Waals surface area contributed by atoms with Crippen molar-refractivity contribution in [1.29, 1.82) is 0 Å². The van der Waals surface area contributed by atoms with Crippen LogP contribution in [-0.2, 0) is 9.59 Å². The first-order valence-corrected chi connectivity index (χ1v) is 6.62. The zero-order valence-corrected chi connectivity index (χ0v) is 10.8. The van der Waals surface area contributed by atoms with Gasteiger partial charge in [0, 0.05) is 11.8 Å². The Labute approximate surface area is 105 Å². The fraction of sp³-hybridized carbons (Fsp3) is 0.500. The molecule has 2 atom stereocenters. The zero-order chi connectivity index (χ0) is 12.8. The van der Waals surface area contributed by atoms with Crippen LogP contribution in [0.25, 0.3) is 0 Å². The monoisotopic (exact) mass is 255 g/mol.